The summed E-state index contributed by atoms with van der Waals surface area (Å²) in [6.45, 7) is 1.03. The topological polar surface area (TPSA) is 71.2 Å². The number of aliphatic hydroxyl groups is 1. The van der Waals surface area contributed by atoms with Gasteiger partial charge in [-0.1, -0.05) is 0 Å². The molecule has 0 saturated heterocycles. The molecule has 0 saturated carbocycles. The van der Waals surface area contributed by atoms with Crippen LogP contribution < -0.4 is 0 Å². The van der Waals surface area contributed by atoms with Crippen molar-refractivity contribution in [3.63, 3.8) is 0 Å². The molecular formula is C12H9F5N2O3. The number of halogens is 5. The van der Waals surface area contributed by atoms with E-state index in [1.54, 1.807) is 0 Å². The van der Waals surface area contributed by atoms with Gasteiger partial charge in [0.05, 0.1) is 6.61 Å². The van der Waals surface area contributed by atoms with Crippen LogP contribution in [0.2, 0.25) is 0 Å². The zero-order chi connectivity index (χ0) is 16.9. The monoisotopic (exact) mass is 324 g/mol. The lowest BCUT2D eigenvalue weighted by atomic mass is 10.3. The zero-order valence-electron chi connectivity index (χ0n) is 11.0. The van der Waals surface area contributed by atoms with E-state index in [9.17, 15) is 26.7 Å². The van der Waals surface area contributed by atoms with Crippen molar-refractivity contribution in [2.75, 3.05) is 6.61 Å². The summed E-state index contributed by atoms with van der Waals surface area (Å²) in [6, 6.07) is 2.00. The number of carbonyl (C=O) groups excluding carboxylic acids is 1. The Balaban J connectivity index is 3.24. The lowest BCUT2D eigenvalue weighted by Gasteiger charge is -2.08. The second kappa shape index (κ2) is 6.96. The number of hydrogen-bond acceptors (Lipinski definition) is 5. The Hall–Kier alpha value is -2.52. The van der Waals surface area contributed by atoms with Crippen LogP contribution in [0.4, 0.5) is 27.6 Å². The van der Waals surface area contributed by atoms with E-state index < -0.39 is 40.9 Å². The summed E-state index contributed by atoms with van der Waals surface area (Å²) >= 11 is 0. The van der Waals surface area contributed by atoms with Gasteiger partial charge in [-0.15, -0.1) is 10.2 Å². The summed E-state index contributed by atoms with van der Waals surface area (Å²) in [4.78, 5) is 11.3. The molecule has 0 spiro atoms. The average molecular weight is 324 g/mol. The fourth-order valence-electron chi connectivity index (χ4n) is 1.18. The van der Waals surface area contributed by atoms with Gasteiger partial charge in [-0.2, -0.15) is 13.2 Å². The van der Waals surface area contributed by atoms with E-state index in [1.165, 1.54) is 6.92 Å². The molecule has 0 bridgehead atoms. The van der Waals surface area contributed by atoms with Gasteiger partial charge in [0.15, 0.2) is 5.82 Å². The molecule has 0 amide bonds. The predicted octanol–water partition coefficient (Wildman–Crippen LogP) is 3.94. The standard InChI is InChI=1S/C12H9F5N2O3/c1-2-22-11(21)9(10(20)12(15,16)17)19-18-8-4-3-6(13)5-7(8)14/h3-5,20H,2H2,1H3/b10-9-,19-18?. The van der Waals surface area contributed by atoms with Crippen LogP contribution in [0.5, 0.6) is 0 Å². The first-order valence-electron chi connectivity index (χ1n) is 5.71. The van der Waals surface area contributed by atoms with Crippen molar-refractivity contribution in [3.05, 3.63) is 41.3 Å². The molecule has 0 radical (unpaired) electrons. The van der Waals surface area contributed by atoms with Crippen LogP contribution in [0.1, 0.15) is 6.92 Å². The van der Waals surface area contributed by atoms with E-state index in [1.807, 2.05) is 0 Å². The van der Waals surface area contributed by atoms with Crippen LogP contribution in [-0.2, 0) is 9.53 Å². The van der Waals surface area contributed by atoms with Gasteiger partial charge in [-0.3, -0.25) is 0 Å². The molecule has 5 nitrogen and oxygen atoms in total. The van der Waals surface area contributed by atoms with Crippen LogP contribution in [0.3, 0.4) is 0 Å². The first-order valence-corrected chi connectivity index (χ1v) is 5.71. The van der Waals surface area contributed by atoms with E-state index in [4.69, 9.17) is 5.11 Å². The van der Waals surface area contributed by atoms with E-state index in [0.717, 1.165) is 12.1 Å². The largest absolute Gasteiger partial charge is 0.502 e. The minimum Gasteiger partial charge on any atom is -0.502 e. The van der Waals surface area contributed by atoms with Crippen LogP contribution in [0, 0.1) is 11.6 Å². The molecule has 0 fully saturated rings. The molecule has 1 aromatic carbocycles. The number of hydrogen-bond donors (Lipinski definition) is 1. The zero-order valence-corrected chi connectivity index (χ0v) is 11.0. The molecule has 0 atom stereocenters. The number of azo groups is 1. The summed E-state index contributed by atoms with van der Waals surface area (Å²) < 4.78 is 67.5. The van der Waals surface area contributed by atoms with Gasteiger partial charge in [0.1, 0.15) is 11.5 Å². The van der Waals surface area contributed by atoms with E-state index in [0.29, 0.717) is 6.07 Å². The number of esters is 1. The highest BCUT2D eigenvalue weighted by Gasteiger charge is 2.39. The fraction of sp³-hybridized carbons (Fsp3) is 0.250. The van der Waals surface area contributed by atoms with Gasteiger partial charge in [-0.05, 0) is 19.1 Å². The van der Waals surface area contributed by atoms with Crippen molar-refractivity contribution in [2.45, 2.75) is 13.1 Å². The quantitative estimate of drug-likeness (QED) is 0.300. The molecule has 0 aliphatic rings. The lowest BCUT2D eigenvalue weighted by molar-refractivity contribution is -0.143. The molecule has 1 aromatic rings. The molecule has 0 aliphatic heterocycles. The van der Waals surface area contributed by atoms with Crippen molar-refractivity contribution >= 4 is 11.7 Å². The Morgan fingerprint density at radius 1 is 1.32 bits per heavy atom. The normalized spacial score (nSPS) is 13.2. The number of benzene rings is 1. The van der Waals surface area contributed by atoms with E-state index in [-0.39, 0.29) is 6.61 Å². The molecule has 10 heteroatoms. The molecular weight excluding hydrogens is 315 g/mol. The van der Waals surface area contributed by atoms with Gasteiger partial charge in [0.2, 0.25) is 11.5 Å². The third-order valence-corrected chi connectivity index (χ3v) is 2.13. The summed E-state index contributed by atoms with van der Waals surface area (Å²) in [5.74, 6) is -6.07. The number of aliphatic hydroxyl groups excluding tert-OH is 1. The first kappa shape index (κ1) is 17.5. The maximum atomic E-state index is 13.3. The average Bonchev–Trinajstić information content (AvgIpc) is 2.40. The third-order valence-electron chi connectivity index (χ3n) is 2.13. The van der Waals surface area contributed by atoms with Crippen molar-refractivity contribution in [1.29, 1.82) is 0 Å². The first-order chi connectivity index (χ1) is 10.2. The Morgan fingerprint density at radius 3 is 2.45 bits per heavy atom. The molecule has 120 valence electrons. The summed E-state index contributed by atoms with van der Waals surface area (Å²) in [6.07, 6.45) is -5.28. The SMILES string of the molecule is CCOC(=O)/C(N=Nc1ccc(F)cc1F)=C(/O)C(F)(F)F. The lowest BCUT2D eigenvalue weighted by Crippen LogP contribution is -2.18. The summed E-state index contributed by atoms with van der Waals surface area (Å²) in [7, 11) is 0. The second-order valence-corrected chi connectivity index (χ2v) is 3.71. The minimum absolute atomic E-state index is 0.284. The molecule has 1 rings (SSSR count). The number of rotatable bonds is 4. The van der Waals surface area contributed by atoms with Gasteiger partial charge in [0, 0.05) is 6.07 Å². The highest BCUT2D eigenvalue weighted by Crippen LogP contribution is 2.28. The Labute approximate surface area is 120 Å². The number of ether oxygens (including phenoxy) is 1. The molecule has 0 aliphatic carbocycles. The minimum atomic E-state index is -5.28. The molecule has 0 heterocycles. The Bertz CT molecular complexity index is 626. The number of carbonyl (C=O) groups is 1. The Kier molecular flexibility index (Phi) is 5.55. The van der Waals surface area contributed by atoms with Crippen molar-refractivity contribution in [3.8, 4) is 0 Å². The third kappa shape index (κ3) is 4.50. The molecule has 0 unspecified atom stereocenters. The van der Waals surface area contributed by atoms with E-state index in [2.05, 4.69) is 15.0 Å². The van der Waals surface area contributed by atoms with Gasteiger partial charge in [-0.25, -0.2) is 13.6 Å². The second-order valence-electron chi connectivity index (χ2n) is 3.71. The maximum absolute atomic E-state index is 13.3. The van der Waals surface area contributed by atoms with Crippen molar-refractivity contribution in [1.82, 2.24) is 0 Å². The smallest absolute Gasteiger partial charge is 0.451 e. The van der Waals surface area contributed by atoms with Gasteiger partial charge < -0.3 is 9.84 Å². The van der Waals surface area contributed by atoms with Crippen LogP contribution >= 0.6 is 0 Å². The highest BCUT2D eigenvalue weighted by molar-refractivity contribution is 5.88. The Morgan fingerprint density at radius 2 is 1.95 bits per heavy atom. The summed E-state index contributed by atoms with van der Waals surface area (Å²) in [5.41, 5.74) is -2.17. The van der Waals surface area contributed by atoms with Gasteiger partial charge in [0.25, 0.3) is 0 Å². The number of alkyl halides is 3. The number of nitrogens with zero attached hydrogens (tertiary/aromatic N) is 2. The maximum Gasteiger partial charge on any atom is 0.451 e. The van der Waals surface area contributed by atoms with Crippen LogP contribution in [0.15, 0.2) is 39.9 Å². The van der Waals surface area contributed by atoms with E-state index >= 15 is 0 Å². The number of allylic oxidation sites excluding steroid dienone is 1. The summed E-state index contributed by atoms with van der Waals surface area (Å²) in [5, 5.41) is 14.9. The van der Waals surface area contributed by atoms with Crippen molar-refractivity contribution in [2.24, 2.45) is 10.2 Å². The van der Waals surface area contributed by atoms with Gasteiger partial charge >= 0.3 is 12.1 Å². The highest BCUT2D eigenvalue weighted by atomic mass is 19.4. The predicted molar refractivity (Wildman–Crippen MR) is 63.2 cm³/mol. The van der Waals surface area contributed by atoms with Crippen LogP contribution in [-0.4, -0.2) is 23.9 Å². The molecule has 1 N–H and O–H groups in total. The van der Waals surface area contributed by atoms with Crippen LogP contribution in [0.25, 0.3) is 0 Å². The fourth-order valence-corrected chi connectivity index (χ4v) is 1.18. The molecule has 22 heavy (non-hydrogen) atoms. The van der Waals surface area contributed by atoms with Crippen molar-refractivity contribution < 1.29 is 36.6 Å². The molecule has 0 aromatic heterocycles.